The minimum absolute atomic E-state index is 0.210. The highest BCUT2D eigenvalue weighted by Crippen LogP contribution is 2.23. The van der Waals surface area contributed by atoms with Gasteiger partial charge in [-0.3, -0.25) is 0 Å². The Balaban J connectivity index is 1.83. The first-order valence-electron chi connectivity index (χ1n) is 8.96. The molecule has 6 heteroatoms. The monoisotopic (exact) mass is 390 g/mol. The van der Waals surface area contributed by atoms with Crippen molar-refractivity contribution in [2.45, 2.75) is 43.9 Å². The average molecular weight is 391 g/mol. The fraction of sp³-hybridized carbons (Fsp3) is 0.350. The van der Waals surface area contributed by atoms with Crippen molar-refractivity contribution in [3.63, 3.8) is 0 Å². The van der Waals surface area contributed by atoms with E-state index in [0.29, 0.717) is 11.6 Å². The Morgan fingerprint density at radius 2 is 1.77 bits per heavy atom. The van der Waals surface area contributed by atoms with Crippen LogP contribution in [0.2, 0.25) is 5.02 Å². The van der Waals surface area contributed by atoms with Crippen molar-refractivity contribution >= 4 is 27.3 Å². The maximum atomic E-state index is 12.8. The maximum Gasteiger partial charge on any atom is 0.279 e. The lowest BCUT2D eigenvalue weighted by Gasteiger charge is -2.25. The number of nitrogens with zero attached hydrogens (tertiary/aromatic N) is 2. The fourth-order valence-electron chi connectivity index (χ4n) is 2.97. The summed E-state index contributed by atoms with van der Waals surface area (Å²) in [6.07, 6.45) is 4.95. The molecular weight excluding hydrogens is 368 g/mol. The van der Waals surface area contributed by atoms with Crippen LogP contribution < -0.4 is 0 Å². The second-order valence-corrected chi connectivity index (χ2v) is 8.73. The molecule has 0 saturated carbocycles. The molecule has 0 radical (unpaired) electrons. The van der Waals surface area contributed by atoms with Crippen LogP contribution in [0.4, 0.5) is 0 Å². The van der Waals surface area contributed by atoms with E-state index >= 15 is 0 Å². The molecule has 0 saturated heterocycles. The van der Waals surface area contributed by atoms with Crippen molar-refractivity contribution in [2.24, 2.45) is 5.10 Å². The summed E-state index contributed by atoms with van der Waals surface area (Å²) in [5, 5.41) is 4.95. The molecule has 26 heavy (non-hydrogen) atoms. The van der Waals surface area contributed by atoms with Gasteiger partial charge in [-0.1, -0.05) is 49.2 Å². The van der Waals surface area contributed by atoms with Gasteiger partial charge in [-0.2, -0.15) is 17.9 Å². The standard InChI is InChI=1S/C20H23ClN2O2S/c1-2-3-5-16-7-9-17(10-8-16)20-6-4-15-23(22-20)26(24,25)19-13-11-18(21)12-14-19/h7-14H,2-6,15H2,1H3. The molecule has 4 nitrogen and oxygen atoms in total. The van der Waals surface area contributed by atoms with E-state index in [-0.39, 0.29) is 4.90 Å². The zero-order chi connectivity index (χ0) is 18.6. The van der Waals surface area contributed by atoms with Crippen LogP contribution in [0.15, 0.2) is 58.5 Å². The van der Waals surface area contributed by atoms with E-state index in [2.05, 4.69) is 24.2 Å². The van der Waals surface area contributed by atoms with Gasteiger partial charge in [-0.15, -0.1) is 0 Å². The molecule has 0 bridgehead atoms. The Morgan fingerprint density at radius 1 is 1.08 bits per heavy atom. The Hall–Kier alpha value is -1.85. The molecule has 1 aliphatic heterocycles. The van der Waals surface area contributed by atoms with Gasteiger partial charge in [-0.25, -0.2) is 0 Å². The number of hydrazone groups is 1. The highest BCUT2D eigenvalue weighted by molar-refractivity contribution is 7.89. The summed E-state index contributed by atoms with van der Waals surface area (Å²) in [4.78, 5) is 0.210. The third-order valence-corrected chi connectivity index (χ3v) is 6.43. The topological polar surface area (TPSA) is 49.7 Å². The first-order chi connectivity index (χ1) is 12.5. The third kappa shape index (κ3) is 4.27. The van der Waals surface area contributed by atoms with Gasteiger partial charge in [0.2, 0.25) is 0 Å². The number of hydrogen-bond acceptors (Lipinski definition) is 3. The highest BCUT2D eigenvalue weighted by Gasteiger charge is 2.26. The van der Waals surface area contributed by atoms with Crippen LogP contribution in [-0.4, -0.2) is 25.1 Å². The van der Waals surface area contributed by atoms with Gasteiger partial charge in [0.15, 0.2) is 0 Å². The van der Waals surface area contributed by atoms with Crippen molar-refractivity contribution in [1.82, 2.24) is 4.41 Å². The molecule has 3 rings (SSSR count). The number of hydrogen-bond donors (Lipinski definition) is 0. The van der Waals surface area contributed by atoms with Crippen molar-refractivity contribution in [3.05, 3.63) is 64.7 Å². The van der Waals surface area contributed by atoms with Crippen molar-refractivity contribution < 1.29 is 8.42 Å². The molecule has 138 valence electrons. The maximum absolute atomic E-state index is 12.8. The van der Waals surface area contributed by atoms with E-state index in [9.17, 15) is 8.42 Å². The first-order valence-corrected chi connectivity index (χ1v) is 10.8. The zero-order valence-corrected chi connectivity index (χ0v) is 16.4. The van der Waals surface area contributed by atoms with E-state index in [1.54, 1.807) is 12.1 Å². The van der Waals surface area contributed by atoms with Gasteiger partial charge in [0.05, 0.1) is 17.2 Å². The molecule has 2 aromatic carbocycles. The average Bonchev–Trinajstić information content (AvgIpc) is 2.67. The highest BCUT2D eigenvalue weighted by atomic mass is 35.5. The van der Waals surface area contributed by atoms with Crippen LogP contribution >= 0.6 is 11.6 Å². The van der Waals surface area contributed by atoms with Crippen LogP contribution in [0.25, 0.3) is 0 Å². The number of unbranched alkanes of at least 4 members (excludes halogenated alkanes) is 1. The second-order valence-electron chi connectivity index (χ2n) is 6.46. The van der Waals surface area contributed by atoms with Gasteiger partial charge in [0.1, 0.15) is 0 Å². The molecular formula is C20H23ClN2O2S. The van der Waals surface area contributed by atoms with E-state index < -0.39 is 10.0 Å². The predicted molar refractivity (Wildman–Crippen MR) is 106 cm³/mol. The summed E-state index contributed by atoms with van der Waals surface area (Å²) in [6.45, 7) is 2.57. The molecule has 0 aliphatic carbocycles. The lowest BCUT2D eigenvalue weighted by molar-refractivity contribution is 0.410. The normalized spacial score (nSPS) is 15.0. The van der Waals surface area contributed by atoms with E-state index in [1.165, 1.54) is 35.0 Å². The minimum atomic E-state index is -3.65. The SMILES string of the molecule is CCCCc1ccc(C2=NN(S(=O)(=O)c3ccc(Cl)cc3)CCC2)cc1. The van der Waals surface area contributed by atoms with E-state index in [0.717, 1.165) is 30.5 Å². The van der Waals surface area contributed by atoms with Crippen molar-refractivity contribution in [2.75, 3.05) is 6.54 Å². The summed E-state index contributed by atoms with van der Waals surface area (Å²) < 4.78 is 26.9. The van der Waals surface area contributed by atoms with Crippen LogP contribution in [0.1, 0.15) is 43.7 Å². The van der Waals surface area contributed by atoms with Crippen LogP contribution in [0.5, 0.6) is 0 Å². The lowest BCUT2D eigenvalue weighted by atomic mass is 10.0. The van der Waals surface area contributed by atoms with Gasteiger partial charge < -0.3 is 0 Å². The summed E-state index contributed by atoms with van der Waals surface area (Å²) in [6, 6.07) is 14.5. The smallest absolute Gasteiger partial charge is 0.200 e. The lowest BCUT2D eigenvalue weighted by Crippen LogP contribution is -2.32. The van der Waals surface area contributed by atoms with E-state index in [1.807, 2.05) is 12.1 Å². The molecule has 0 aromatic heterocycles. The predicted octanol–water partition coefficient (Wildman–Crippen LogP) is 4.87. The number of benzene rings is 2. The Bertz CT molecular complexity index is 875. The minimum Gasteiger partial charge on any atom is -0.200 e. The summed E-state index contributed by atoms with van der Waals surface area (Å²) in [7, 11) is -3.65. The van der Waals surface area contributed by atoms with Gasteiger partial charge in [0, 0.05) is 5.02 Å². The fourth-order valence-corrected chi connectivity index (χ4v) is 4.39. The molecule has 0 spiro atoms. The first kappa shape index (κ1) is 18.9. The summed E-state index contributed by atoms with van der Waals surface area (Å²) in [5.41, 5.74) is 3.11. The van der Waals surface area contributed by atoms with Gasteiger partial charge in [0.25, 0.3) is 10.0 Å². The Kier molecular flexibility index (Phi) is 5.99. The molecule has 0 fully saturated rings. The van der Waals surface area contributed by atoms with Crippen LogP contribution in [0, 0.1) is 0 Å². The number of sulfonamides is 1. The summed E-state index contributed by atoms with van der Waals surface area (Å²) >= 11 is 5.86. The van der Waals surface area contributed by atoms with Gasteiger partial charge in [-0.05, 0) is 61.1 Å². The van der Waals surface area contributed by atoms with Crippen LogP contribution in [-0.2, 0) is 16.4 Å². The molecule has 0 amide bonds. The van der Waals surface area contributed by atoms with E-state index in [4.69, 9.17) is 11.6 Å². The molecule has 0 N–H and O–H groups in total. The molecule has 1 aliphatic rings. The zero-order valence-electron chi connectivity index (χ0n) is 14.9. The molecule has 0 atom stereocenters. The van der Waals surface area contributed by atoms with Crippen LogP contribution in [0.3, 0.4) is 0 Å². The quantitative estimate of drug-likeness (QED) is 0.706. The van der Waals surface area contributed by atoms with Gasteiger partial charge >= 0.3 is 0 Å². The molecule has 0 unspecified atom stereocenters. The van der Waals surface area contributed by atoms with Crippen molar-refractivity contribution in [1.29, 1.82) is 0 Å². The summed E-state index contributed by atoms with van der Waals surface area (Å²) in [5.74, 6) is 0. The number of halogens is 1. The number of aryl methyl sites for hydroxylation is 1. The number of rotatable bonds is 6. The third-order valence-electron chi connectivity index (χ3n) is 4.49. The largest absolute Gasteiger partial charge is 0.279 e. The molecule has 2 aromatic rings. The Labute approximate surface area is 160 Å². The Morgan fingerprint density at radius 3 is 2.42 bits per heavy atom. The molecule has 1 heterocycles. The second kappa shape index (κ2) is 8.23. The van der Waals surface area contributed by atoms with Crippen molar-refractivity contribution in [3.8, 4) is 0 Å².